The zero-order valence-corrected chi connectivity index (χ0v) is 19.7. The SMILES string of the molecule is CON(C)S(=O)(=O)c1cccc(C(=O)NC(c2ccc3c(c2)CCCC3)c2cccs2)c1. The van der Waals surface area contributed by atoms with Gasteiger partial charge in [0.2, 0.25) is 0 Å². The first-order chi connectivity index (χ1) is 15.4. The van der Waals surface area contributed by atoms with Crippen molar-refractivity contribution in [3.63, 3.8) is 0 Å². The molecule has 1 aliphatic rings. The number of fused-ring (bicyclic) bond motifs is 1. The predicted octanol–water partition coefficient (Wildman–Crippen LogP) is 4.33. The lowest BCUT2D eigenvalue weighted by atomic mass is 9.89. The molecule has 2 aromatic carbocycles. The normalized spacial score (nSPS) is 14.7. The number of hydrogen-bond donors (Lipinski definition) is 1. The van der Waals surface area contributed by atoms with Crippen molar-refractivity contribution in [1.29, 1.82) is 0 Å². The largest absolute Gasteiger partial charge is 0.340 e. The fourth-order valence-electron chi connectivity index (χ4n) is 3.97. The Morgan fingerprint density at radius 1 is 1.06 bits per heavy atom. The molecule has 1 amide bonds. The Hall–Kier alpha value is -2.52. The summed E-state index contributed by atoms with van der Waals surface area (Å²) in [5.41, 5.74) is 4.04. The maximum Gasteiger partial charge on any atom is 0.264 e. The van der Waals surface area contributed by atoms with Crippen LogP contribution < -0.4 is 5.32 Å². The average Bonchev–Trinajstić information content (AvgIpc) is 3.36. The second-order valence-corrected chi connectivity index (χ2v) is 10.7. The van der Waals surface area contributed by atoms with Gasteiger partial charge in [0.05, 0.1) is 18.0 Å². The topological polar surface area (TPSA) is 75.7 Å². The van der Waals surface area contributed by atoms with Crippen molar-refractivity contribution in [3.05, 3.63) is 87.1 Å². The van der Waals surface area contributed by atoms with Gasteiger partial charge in [-0.2, -0.15) is 0 Å². The minimum atomic E-state index is -3.85. The first kappa shape index (κ1) is 22.7. The molecule has 168 valence electrons. The highest BCUT2D eigenvalue weighted by molar-refractivity contribution is 7.89. The zero-order valence-electron chi connectivity index (χ0n) is 18.1. The molecular weight excluding hydrogens is 444 g/mol. The van der Waals surface area contributed by atoms with E-state index in [1.165, 1.54) is 50.3 Å². The first-order valence-corrected chi connectivity index (χ1v) is 12.8. The summed E-state index contributed by atoms with van der Waals surface area (Å²) in [7, 11) is -1.26. The molecule has 1 N–H and O–H groups in total. The third-order valence-corrected chi connectivity index (χ3v) is 8.41. The average molecular weight is 471 g/mol. The number of amides is 1. The number of carbonyl (C=O) groups excluding carboxylic acids is 1. The van der Waals surface area contributed by atoms with Crippen LogP contribution in [0.15, 0.2) is 64.9 Å². The van der Waals surface area contributed by atoms with E-state index in [1.54, 1.807) is 23.5 Å². The lowest BCUT2D eigenvalue weighted by Gasteiger charge is -2.22. The van der Waals surface area contributed by atoms with Crippen molar-refractivity contribution in [2.45, 2.75) is 36.6 Å². The van der Waals surface area contributed by atoms with Gasteiger partial charge in [-0.05, 0) is 72.0 Å². The predicted molar refractivity (Wildman–Crippen MR) is 125 cm³/mol. The molecule has 1 aliphatic carbocycles. The van der Waals surface area contributed by atoms with Gasteiger partial charge in [-0.25, -0.2) is 8.42 Å². The van der Waals surface area contributed by atoms with E-state index in [0.29, 0.717) is 0 Å². The Kier molecular flexibility index (Phi) is 6.76. The van der Waals surface area contributed by atoms with E-state index in [4.69, 9.17) is 4.84 Å². The minimum Gasteiger partial charge on any atom is -0.340 e. The van der Waals surface area contributed by atoms with Gasteiger partial charge in [0, 0.05) is 17.5 Å². The summed E-state index contributed by atoms with van der Waals surface area (Å²) in [5, 5.41) is 5.10. The molecule has 1 unspecified atom stereocenters. The summed E-state index contributed by atoms with van der Waals surface area (Å²) >= 11 is 1.58. The number of hydrogen-bond acceptors (Lipinski definition) is 5. The molecule has 1 aromatic heterocycles. The van der Waals surface area contributed by atoms with Crippen molar-refractivity contribution in [1.82, 2.24) is 9.79 Å². The number of sulfonamides is 1. The lowest BCUT2D eigenvalue weighted by Crippen LogP contribution is -2.30. The molecule has 8 heteroatoms. The van der Waals surface area contributed by atoms with Gasteiger partial charge in [0.1, 0.15) is 0 Å². The number of nitrogens with zero attached hydrogens (tertiary/aromatic N) is 1. The molecule has 4 rings (SSSR count). The molecule has 0 fully saturated rings. The van der Waals surface area contributed by atoms with Crippen LogP contribution in [0, 0.1) is 0 Å². The van der Waals surface area contributed by atoms with Gasteiger partial charge < -0.3 is 5.32 Å². The summed E-state index contributed by atoms with van der Waals surface area (Å²) in [4.78, 5) is 19.0. The van der Waals surface area contributed by atoms with E-state index in [0.717, 1.165) is 27.8 Å². The molecule has 6 nitrogen and oxygen atoms in total. The third kappa shape index (κ3) is 4.63. The van der Waals surface area contributed by atoms with Crippen LogP contribution >= 0.6 is 11.3 Å². The van der Waals surface area contributed by atoms with Crippen molar-refractivity contribution < 1.29 is 18.0 Å². The highest BCUT2D eigenvalue weighted by atomic mass is 32.2. The summed E-state index contributed by atoms with van der Waals surface area (Å²) in [6, 6.07) is 16.1. The molecule has 0 bridgehead atoms. The van der Waals surface area contributed by atoms with Gasteiger partial charge in [-0.1, -0.05) is 34.8 Å². The Balaban J connectivity index is 1.64. The van der Waals surface area contributed by atoms with Crippen LogP contribution in [-0.2, 0) is 27.7 Å². The third-order valence-electron chi connectivity index (χ3n) is 5.80. The molecule has 32 heavy (non-hydrogen) atoms. The molecule has 0 aliphatic heterocycles. The van der Waals surface area contributed by atoms with E-state index in [9.17, 15) is 13.2 Å². The van der Waals surface area contributed by atoms with Crippen LogP contribution in [0.2, 0.25) is 0 Å². The minimum absolute atomic E-state index is 0.00375. The Bertz CT molecular complexity index is 1210. The summed E-state index contributed by atoms with van der Waals surface area (Å²) in [5.74, 6) is -0.335. The number of aryl methyl sites for hydroxylation is 2. The number of hydroxylamine groups is 1. The maximum atomic E-state index is 13.2. The van der Waals surface area contributed by atoms with E-state index in [2.05, 4.69) is 23.5 Å². The van der Waals surface area contributed by atoms with Crippen molar-refractivity contribution in [3.8, 4) is 0 Å². The van der Waals surface area contributed by atoms with E-state index >= 15 is 0 Å². The van der Waals surface area contributed by atoms with E-state index < -0.39 is 10.0 Å². The quantitative estimate of drug-likeness (QED) is 0.522. The van der Waals surface area contributed by atoms with Gasteiger partial charge in [-0.15, -0.1) is 11.3 Å². The van der Waals surface area contributed by atoms with E-state index in [1.807, 2.05) is 17.5 Å². The van der Waals surface area contributed by atoms with E-state index in [-0.39, 0.29) is 22.4 Å². The molecule has 0 radical (unpaired) electrons. The molecule has 0 saturated heterocycles. The van der Waals surface area contributed by atoms with Crippen LogP contribution in [0.5, 0.6) is 0 Å². The molecule has 3 aromatic rings. The fourth-order valence-corrected chi connectivity index (χ4v) is 5.79. The van der Waals surface area contributed by atoms with Gasteiger partial charge in [0.15, 0.2) is 0 Å². The monoisotopic (exact) mass is 470 g/mol. The number of rotatable bonds is 7. The Labute approximate surface area is 192 Å². The zero-order chi connectivity index (χ0) is 22.7. The standard InChI is InChI=1S/C24H26N2O4S2/c1-26(30-2)32(28,29)21-10-5-9-20(16-21)24(27)25-23(22-11-6-14-31-22)19-13-12-17-7-3-4-8-18(17)15-19/h5-6,9-16,23H,3-4,7-8H2,1-2H3,(H,25,27). The highest BCUT2D eigenvalue weighted by Gasteiger charge is 2.24. The summed E-state index contributed by atoms with van der Waals surface area (Å²) in [6.45, 7) is 0. The number of benzene rings is 2. The number of carbonyl (C=O) groups is 1. The first-order valence-electron chi connectivity index (χ1n) is 10.5. The van der Waals surface area contributed by atoms with Crippen molar-refractivity contribution >= 4 is 27.3 Å². The van der Waals surface area contributed by atoms with Crippen LogP contribution in [0.4, 0.5) is 0 Å². The molecule has 0 saturated carbocycles. The van der Waals surface area contributed by atoms with Crippen LogP contribution in [0.1, 0.15) is 50.8 Å². The molecular formula is C24H26N2O4S2. The Morgan fingerprint density at radius 3 is 2.56 bits per heavy atom. The maximum absolute atomic E-state index is 13.2. The fraction of sp³-hybridized carbons (Fsp3) is 0.292. The summed E-state index contributed by atoms with van der Waals surface area (Å²) < 4.78 is 25.9. The van der Waals surface area contributed by atoms with Gasteiger partial charge in [0.25, 0.3) is 15.9 Å². The summed E-state index contributed by atoms with van der Waals surface area (Å²) in [6.07, 6.45) is 4.56. The molecule has 0 spiro atoms. The van der Waals surface area contributed by atoms with Crippen LogP contribution in [0.25, 0.3) is 0 Å². The highest BCUT2D eigenvalue weighted by Crippen LogP contribution is 2.30. The van der Waals surface area contributed by atoms with Gasteiger partial charge in [-0.3, -0.25) is 9.63 Å². The van der Waals surface area contributed by atoms with Gasteiger partial charge >= 0.3 is 0 Å². The second-order valence-electron chi connectivity index (χ2n) is 7.78. The molecule has 1 heterocycles. The second kappa shape index (κ2) is 9.54. The van der Waals surface area contributed by atoms with Crippen LogP contribution in [-0.4, -0.2) is 33.0 Å². The smallest absolute Gasteiger partial charge is 0.264 e. The number of thiophene rings is 1. The molecule has 1 atom stereocenters. The Morgan fingerprint density at radius 2 is 1.84 bits per heavy atom. The number of nitrogens with one attached hydrogen (secondary N) is 1. The van der Waals surface area contributed by atoms with Crippen molar-refractivity contribution in [2.24, 2.45) is 0 Å². The van der Waals surface area contributed by atoms with Crippen LogP contribution in [0.3, 0.4) is 0 Å². The van der Waals surface area contributed by atoms with Crippen molar-refractivity contribution in [2.75, 3.05) is 14.2 Å². The lowest BCUT2D eigenvalue weighted by molar-refractivity contribution is -0.0258.